The molecule has 0 aromatic carbocycles. The third kappa shape index (κ3) is 3.94. The highest BCUT2D eigenvalue weighted by atomic mass is 19.4. The lowest BCUT2D eigenvalue weighted by Crippen LogP contribution is -2.31. The van der Waals surface area contributed by atoms with Crippen LogP contribution < -0.4 is 5.32 Å². The molecule has 1 fully saturated rings. The van der Waals surface area contributed by atoms with Gasteiger partial charge in [-0.2, -0.15) is 13.2 Å². The Morgan fingerprint density at radius 1 is 1.12 bits per heavy atom. The van der Waals surface area contributed by atoms with Crippen LogP contribution in [0.4, 0.5) is 17.6 Å². The molecule has 1 atom stereocenters. The Balaban J connectivity index is 1.41. The van der Waals surface area contributed by atoms with E-state index >= 15 is 0 Å². The van der Waals surface area contributed by atoms with Gasteiger partial charge in [0.15, 0.2) is 11.5 Å². The Hall–Kier alpha value is -3.37. The molecule has 0 saturated heterocycles. The van der Waals surface area contributed by atoms with Crippen molar-refractivity contribution in [1.29, 1.82) is 0 Å². The van der Waals surface area contributed by atoms with Gasteiger partial charge < -0.3 is 9.73 Å². The quantitative estimate of drug-likeness (QED) is 0.597. The minimum atomic E-state index is -4.71. The third-order valence-corrected chi connectivity index (χ3v) is 5.52. The maximum absolute atomic E-state index is 14.4. The Labute approximate surface area is 179 Å². The summed E-state index contributed by atoms with van der Waals surface area (Å²) in [6.45, 7) is 0. The summed E-state index contributed by atoms with van der Waals surface area (Å²) in [7, 11) is 0. The fourth-order valence-electron chi connectivity index (χ4n) is 3.74. The Bertz CT molecular complexity index is 1190. The fraction of sp³-hybridized carbons (Fsp3) is 0.381. The summed E-state index contributed by atoms with van der Waals surface area (Å²) >= 11 is 0. The number of pyridine rings is 1. The number of fused-ring (bicyclic) bond motifs is 1. The van der Waals surface area contributed by atoms with Crippen molar-refractivity contribution in [2.24, 2.45) is 0 Å². The summed E-state index contributed by atoms with van der Waals surface area (Å²) in [5.74, 6) is -0.599. The molecule has 0 unspecified atom stereocenters. The molecule has 2 aliphatic rings. The molecule has 0 radical (unpaired) electrons. The average Bonchev–Trinajstić information content (AvgIpc) is 3.52. The van der Waals surface area contributed by atoms with E-state index in [4.69, 9.17) is 4.42 Å². The molecule has 0 aliphatic heterocycles. The van der Waals surface area contributed by atoms with Crippen molar-refractivity contribution in [3.05, 3.63) is 59.0 Å². The maximum atomic E-state index is 14.4. The molecule has 3 aromatic heterocycles. The molecule has 3 aromatic rings. The third-order valence-electron chi connectivity index (χ3n) is 5.52. The number of rotatable bonds is 4. The minimum absolute atomic E-state index is 0.0943. The summed E-state index contributed by atoms with van der Waals surface area (Å²) in [6, 6.07) is 1.01. The number of aryl methyl sites for hydroxylation is 1. The molecule has 5 rings (SSSR count). The molecule has 0 spiro atoms. The van der Waals surface area contributed by atoms with Gasteiger partial charge in [-0.15, -0.1) is 0 Å². The molecule has 166 valence electrons. The van der Waals surface area contributed by atoms with Crippen LogP contribution in [0.15, 0.2) is 29.1 Å². The number of hydrogen-bond acceptors (Lipinski definition) is 6. The number of nitrogens with one attached hydrogen (secondary N) is 1. The Kier molecular flexibility index (Phi) is 4.90. The Morgan fingerprint density at radius 3 is 2.69 bits per heavy atom. The van der Waals surface area contributed by atoms with Crippen molar-refractivity contribution in [2.75, 3.05) is 0 Å². The zero-order valence-electron chi connectivity index (χ0n) is 16.6. The van der Waals surface area contributed by atoms with E-state index in [1.54, 1.807) is 6.07 Å². The van der Waals surface area contributed by atoms with Gasteiger partial charge in [0, 0.05) is 11.6 Å². The number of nitrogens with zero attached hydrogens (tertiary/aromatic N) is 4. The van der Waals surface area contributed by atoms with Crippen molar-refractivity contribution < 1.29 is 26.8 Å². The first-order valence-corrected chi connectivity index (χ1v) is 10.1. The maximum Gasteiger partial charge on any atom is 0.434 e. The molecule has 2 aliphatic carbocycles. The topological polar surface area (TPSA) is 93.8 Å². The lowest BCUT2D eigenvalue weighted by Gasteiger charge is -2.21. The summed E-state index contributed by atoms with van der Waals surface area (Å²) in [4.78, 5) is 27.9. The largest absolute Gasteiger partial charge is 0.439 e. The molecular weight excluding hydrogens is 430 g/mol. The number of carbonyl (C=O) groups excluding carboxylic acids is 1. The number of alkyl halides is 3. The molecular formula is C21H17F4N5O2. The highest BCUT2D eigenvalue weighted by molar-refractivity contribution is 5.92. The first kappa shape index (κ1) is 20.5. The van der Waals surface area contributed by atoms with Gasteiger partial charge in [-0.3, -0.25) is 14.8 Å². The van der Waals surface area contributed by atoms with Gasteiger partial charge in [0.2, 0.25) is 5.89 Å². The lowest BCUT2D eigenvalue weighted by molar-refractivity contribution is -0.141. The van der Waals surface area contributed by atoms with Crippen molar-refractivity contribution >= 4 is 5.91 Å². The highest BCUT2D eigenvalue weighted by Crippen LogP contribution is 2.41. The van der Waals surface area contributed by atoms with E-state index in [0.29, 0.717) is 42.8 Å². The van der Waals surface area contributed by atoms with Crippen LogP contribution in [-0.4, -0.2) is 25.8 Å². The predicted molar refractivity (Wildman–Crippen MR) is 102 cm³/mol. The first-order valence-electron chi connectivity index (χ1n) is 10.1. The summed E-state index contributed by atoms with van der Waals surface area (Å²) in [6.07, 6.45) is 1.71. The standard InChI is InChI=1S/C21H17F4N5O2/c22-12-7-27-15(10-4-5-10)6-11(12)20-30-14-3-1-2-13(18(14)32-20)29-19(31)16-8-26-9-17(28-16)21(23,24)25/h6-10,13H,1-5H2,(H,29,31)/t13-/m0/s1. The van der Waals surface area contributed by atoms with E-state index in [0.717, 1.165) is 30.9 Å². The number of carbonyl (C=O) groups is 1. The minimum Gasteiger partial charge on any atom is -0.439 e. The highest BCUT2D eigenvalue weighted by Gasteiger charge is 2.35. The SMILES string of the molecule is O=C(N[C@H]1CCCc2nc(-c3cc(C4CC4)ncc3F)oc21)c1cncc(C(F)(F)F)n1. The molecule has 11 heteroatoms. The van der Waals surface area contributed by atoms with Gasteiger partial charge >= 0.3 is 6.18 Å². The van der Waals surface area contributed by atoms with Gasteiger partial charge in [0.05, 0.1) is 35.9 Å². The van der Waals surface area contributed by atoms with E-state index in [1.807, 2.05) is 0 Å². The van der Waals surface area contributed by atoms with Crippen molar-refractivity contribution in [3.8, 4) is 11.5 Å². The van der Waals surface area contributed by atoms with Crippen LogP contribution in [0, 0.1) is 5.82 Å². The zero-order chi connectivity index (χ0) is 22.5. The molecule has 0 bridgehead atoms. The fourth-order valence-corrected chi connectivity index (χ4v) is 3.74. The van der Waals surface area contributed by atoms with Crippen LogP contribution in [0.1, 0.15) is 71.0 Å². The number of oxazole rings is 1. The number of halogens is 4. The second-order valence-electron chi connectivity index (χ2n) is 7.90. The van der Waals surface area contributed by atoms with Crippen molar-refractivity contribution in [1.82, 2.24) is 25.3 Å². The molecule has 1 saturated carbocycles. The summed E-state index contributed by atoms with van der Waals surface area (Å²) in [5.41, 5.74) is -0.150. The molecule has 3 heterocycles. The van der Waals surface area contributed by atoms with Crippen LogP contribution in [0.3, 0.4) is 0 Å². The van der Waals surface area contributed by atoms with E-state index in [-0.39, 0.29) is 11.5 Å². The van der Waals surface area contributed by atoms with Crippen LogP contribution >= 0.6 is 0 Å². The van der Waals surface area contributed by atoms with Gasteiger partial charge in [0.25, 0.3) is 5.91 Å². The second kappa shape index (κ2) is 7.64. The first-order chi connectivity index (χ1) is 15.3. The number of hydrogen-bond donors (Lipinski definition) is 1. The van der Waals surface area contributed by atoms with Gasteiger partial charge in [-0.1, -0.05) is 0 Å². The lowest BCUT2D eigenvalue weighted by atomic mass is 9.97. The number of aromatic nitrogens is 4. The van der Waals surface area contributed by atoms with Gasteiger partial charge in [-0.25, -0.2) is 14.4 Å². The zero-order valence-corrected chi connectivity index (χ0v) is 16.6. The Morgan fingerprint density at radius 2 is 1.94 bits per heavy atom. The predicted octanol–water partition coefficient (Wildman–Crippen LogP) is 4.37. The van der Waals surface area contributed by atoms with Gasteiger partial charge in [0.1, 0.15) is 11.5 Å². The molecule has 32 heavy (non-hydrogen) atoms. The summed E-state index contributed by atoms with van der Waals surface area (Å²) in [5, 5.41) is 2.64. The smallest absolute Gasteiger partial charge is 0.434 e. The van der Waals surface area contributed by atoms with Crippen LogP contribution in [0.5, 0.6) is 0 Å². The van der Waals surface area contributed by atoms with E-state index in [1.165, 1.54) is 0 Å². The number of amides is 1. The van der Waals surface area contributed by atoms with Crippen LogP contribution in [-0.2, 0) is 12.6 Å². The van der Waals surface area contributed by atoms with E-state index in [9.17, 15) is 22.4 Å². The van der Waals surface area contributed by atoms with Crippen molar-refractivity contribution in [3.63, 3.8) is 0 Å². The van der Waals surface area contributed by atoms with Crippen LogP contribution in [0.2, 0.25) is 0 Å². The normalized spacial score (nSPS) is 18.3. The van der Waals surface area contributed by atoms with Crippen molar-refractivity contribution in [2.45, 2.75) is 50.2 Å². The average molecular weight is 447 g/mol. The van der Waals surface area contributed by atoms with Crippen LogP contribution in [0.25, 0.3) is 11.5 Å². The molecule has 1 amide bonds. The van der Waals surface area contributed by atoms with E-state index < -0.39 is 35.3 Å². The van der Waals surface area contributed by atoms with Gasteiger partial charge in [-0.05, 0) is 38.2 Å². The van der Waals surface area contributed by atoms with E-state index in [2.05, 4.69) is 25.3 Å². The second-order valence-corrected chi connectivity index (χ2v) is 7.90. The summed E-state index contributed by atoms with van der Waals surface area (Å²) < 4.78 is 58.9. The monoisotopic (exact) mass is 447 g/mol. The molecule has 1 N–H and O–H groups in total. The molecule has 7 nitrogen and oxygen atoms in total.